The van der Waals surface area contributed by atoms with E-state index in [1.807, 2.05) is 14.0 Å². The number of likely N-dealkylation sites (N-methyl/N-ethyl adjacent to an activating group) is 2. The molecule has 1 unspecified atom stereocenters. The van der Waals surface area contributed by atoms with Gasteiger partial charge in [-0.3, -0.25) is 14.4 Å². The number of unbranched alkanes of at least 4 members (excludes halogenated alkanes) is 10. The van der Waals surface area contributed by atoms with Crippen LogP contribution in [0.15, 0.2) is 51.7 Å². The molecule has 10 nitrogen and oxygen atoms in total. The van der Waals surface area contributed by atoms with E-state index in [1.165, 1.54) is 62.3 Å². The molecule has 2 aromatic carbocycles. The van der Waals surface area contributed by atoms with Crippen molar-refractivity contribution in [1.82, 2.24) is 15.1 Å². The monoisotopic (exact) mass is 736 g/mol. The van der Waals surface area contributed by atoms with E-state index in [0.717, 1.165) is 38.8 Å². The zero-order valence-electron chi connectivity index (χ0n) is 31.4. The van der Waals surface area contributed by atoms with Crippen LogP contribution < -0.4 is 21.0 Å². The van der Waals surface area contributed by atoms with Crippen LogP contribution >= 0.6 is 11.6 Å². The standard InChI is InChI=1S/C41H57ClN4O6/c1-5-7-8-9-10-11-12-13-14-15-16-17-38(47)43-30-18-20-33(36(42)24-30)35-26-40(49)52-37-25-32(19-21-34(35)37)51-29(3)41(50)46(6-2)28-39(48)44-31-22-23-45(4)27-31/h18-21,24-26,29,31H,5-17,22-23,27-28H2,1-4H3,(H,43,47)(H,44,48)/t29-,31?/m1/s1. The van der Waals surface area contributed by atoms with Crippen LogP contribution in [-0.2, 0) is 14.4 Å². The quantitative estimate of drug-likeness (QED) is 0.0836. The number of carbonyl (C=O) groups excluding carboxylic acids is 3. The zero-order valence-corrected chi connectivity index (χ0v) is 32.2. The Morgan fingerprint density at radius 3 is 2.25 bits per heavy atom. The van der Waals surface area contributed by atoms with Gasteiger partial charge in [-0.1, -0.05) is 88.8 Å². The summed E-state index contributed by atoms with van der Waals surface area (Å²) in [7, 11) is 2.02. The number of likely N-dealkylation sites (tertiary alicyclic amines) is 1. The third-order valence-corrected chi connectivity index (χ3v) is 10.0. The molecule has 3 aromatic rings. The molecule has 0 saturated carbocycles. The minimum absolute atomic E-state index is 0.0479. The Labute approximate surface area is 313 Å². The molecule has 2 N–H and O–H groups in total. The Balaban J connectivity index is 1.30. The number of hydrogen-bond donors (Lipinski definition) is 2. The van der Waals surface area contributed by atoms with Crippen molar-refractivity contribution in [2.45, 2.75) is 116 Å². The van der Waals surface area contributed by atoms with Crippen LogP contribution in [0.1, 0.15) is 104 Å². The Morgan fingerprint density at radius 2 is 1.62 bits per heavy atom. The SMILES string of the molecule is CCCCCCCCCCCCCC(=O)Nc1ccc(-c2cc(=O)oc3cc(O[C@H](C)C(=O)N(CC)CC(=O)NC4CCN(C)C4)ccc23)c(Cl)c1. The van der Waals surface area contributed by atoms with Gasteiger partial charge in [-0.2, -0.15) is 0 Å². The smallest absolute Gasteiger partial charge is 0.336 e. The molecule has 3 amide bonds. The van der Waals surface area contributed by atoms with Crippen LogP contribution in [0.2, 0.25) is 5.02 Å². The first-order chi connectivity index (χ1) is 25.1. The molecule has 284 valence electrons. The molecule has 1 saturated heterocycles. The van der Waals surface area contributed by atoms with Crippen molar-refractivity contribution in [2.24, 2.45) is 0 Å². The predicted octanol–water partition coefficient (Wildman–Crippen LogP) is 8.19. The Kier molecular flexibility index (Phi) is 16.5. The van der Waals surface area contributed by atoms with Gasteiger partial charge in [0.15, 0.2) is 6.10 Å². The molecule has 0 spiro atoms. The molecule has 1 aliphatic rings. The molecule has 2 atom stereocenters. The fraction of sp³-hybridized carbons (Fsp3) is 0.561. The molecular formula is C41H57ClN4O6. The minimum atomic E-state index is -0.884. The first kappa shape index (κ1) is 40.9. The van der Waals surface area contributed by atoms with Gasteiger partial charge >= 0.3 is 5.63 Å². The molecular weight excluding hydrogens is 680 g/mol. The summed E-state index contributed by atoms with van der Waals surface area (Å²) < 4.78 is 11.5. The summed E-state index contributed by atoms with van der Waals surface area (Å²) in [4.78, 5) is 54.8. The van der Waals surface area contributed by atoms with Gasteiger partial charge in [0.2, 0.25) is 11.8 Å². The lowest BCUT2D eigenvalue weighted by atomic mass is 10.0. The minimum Gasteiger partial charge on any atom is -0.481 e. The van der Waals surface area contributed by atoms with Gasteiger partial charge in [0.05, 0.1) is 11.6 Å². The predicted molar refractivity (Wildman–Crippen MR) is 209 cm³/mol. The number of amides is 3. The number of nitrogens with one attached hydrogen (secondary N) is 2. The molecule has 2 heterocycles. The van der Waals surface area contributed by atoms with Gasteiger partial charge in [0.1, 0.15) is 11.3 Å². The van der Waals surface area contributed by atoms with E-state index >= 15 is 0 Å². The Hall–Kier alpha value is -3.89. The van der Waals surface area contributed by atoms with Crippen LogP contribution in [0, 0.1) is 0 Å². The van der Waals surface area contributed by atoms with E-state index in [2.05, 4.69) is 22.5 Å². The number of ether oxygens (including phenoxy) is 1. The van der Waals surface area contributed by atoms with Gasteiger partial charge in [0, 0.05) is 59.9 Å². The number of nitrogens with zero attached hydrogens (tertiary/aromatic N) is 2. The van der Waals surface area contributed by atoms with Gasteiger partial charge in [-0.05, 0) is 64.5 Å². The van der Waals surface area contributed by atoms with Crippen LogP contribution in [0.4, 0.5) is 5.69 Å². The number of hydrogen-bond acceptors (Lipinski definition) is 7. The maximum atomic E-state index is 13.2. The van der Waals surface area contributed by atoms with Gasteiger partial charge in [0.25, 0.3) is 5.91 Å². The van der Waals surface area contributed by atoms with E-state index in [-0.39, 0.29) is 35.9 Å². The summed E-state index contributed by atoms with van der Waals surface area (Å²) in [6.45, 7) is 7.71. The second-order valence-electron chi connectivity index (χ2n) is 14.1. The van der Waals surface area contributed by atoms with Crippen molar-refractivity contribution >= 4 is 46.0 Å². The van der Waals surface area contributed by atoms with Crippen molar-refractivity contribution in [3.63, 3.8) is 0 Å². The largest absolute Gasteiger partial charge is 0.481 e. The second kappa shape index (κ2) is 21.0. The lowest BCUT2D eigenvalue weighted by Crippen LogP contribution is -2.48. The van der Waals surface area contributed by atoms with E-state index in [0.29, 0.717) is 45.9 Å². The zero-order chi connectivity index (χ0) is 37.5. The topological polar surface area (TPSA) is 121 Å². The van der Waals surface area contributed by atoms with Crippen LogP contribution in [-0.4, -0.2) is 72.9 Å². The molecule has 1 aromatic heterocycles. The number of anilines is 1. The van der Waals surface area contributed by atoms with Crippen molar-refractivity contribution in [3.8, 4) is 16.9 Å². The fourth-order valence-corrected chi connectivity index (χ4v) is 7.06. The van der Waals surface area contributed by atoms with Gasteiger partial charge in [-0.25, -0.2) is 4.79 Å². The van der Waals surface area contributed by atoms with E-state index < -0.39 is 11.7 Å². The molecule has 52 heavy (non-hydrogen) atoms. The summed E-state index contributed by atoms with van der Waals surface area (Å²) in [5.74, 6) is -0.232. The maximum Gasteiger partial charge on any atom is 0.336 e. The Bertz CT molecular complexity index is 1690. The molecule has 4 rings (SSSR count). The number of halogens is 1. The number of carbonyl (C=O) groups is 3. The number of fused-ring (bicyclic) bond motifs is 1. The molecule has 11 heteroatoms. The number of rotatable bonds is 21. The highest BCUT2D eigenvalue weighted by molar-refractivity contribution is 6.34. The summed E-state index contributed by atoms with van der Waals surface area (Å²) in [6.07, 6.45) is 14.0. The van der Waals surface area contributed by atoms with Crippen LogP contribution in [0.25, 0.3) is 22.1 Å². The van der Waals surface area contributed by atoms with Crippen molar-refractivity contribution in [1.29, 1.82) is 0 Å². The summed E-state index contributed by atoms with van der Waals surface area (Å²) in [5.41, 5.74) is 1.48. The van der Waals surface area contributed by atoms with Gasteiger partial charge < -0.3 is 29.6 Å². The number of benzene rings is 2. The lowest BCUT2D eigenvalue weighted by Gasteiger charge is -2.25. The molecule has 1 aliphatic heterocycles. The first-order valence-corrected chi connectivity index (χ1v) is 19.6. The average Bonchev–Trinajstić information content (AvgIpc) is 3.52. The first-order valence-electron chi connectivity index (χ1n) is 19.2. The van der Waals surface area contributed by atoms with Crippen LogP contribution in [0.5, 0.6) is 5.75 Å². The van der Waals surface area contributed by atoms with E-state index in [1.54, 1.807) is 43.3 Å². The lowest BCUT2D eigenvalue weighted by molar-refractivity contribution is -0.141. The van der Waals surface area contributed by atoms with Crippen molar-refractivity contribution < 1.29 is 23.5 Å². The highest BCUT2D eigenvalue weighted by Gasteiger charge is 2.26. The van der Waals surface area contributed by atoms with E-state index in [9.17, 15) is 19.2 Å². The molecule has 0 aliphatic carbocycles. The Morgan fingerprint density at radius 1 is 0.923 bits per heavy atom. The molecule has 1 fully saturated rings. The molecule has 0 radical (unpaired) electrons. The third-order valence-electron chi connectivity index (χ3n) is 9.71. The summed E-state index contributed by atoms with van der Waals surface area (Å²) in [6, 6.07) is 11.7. The van der Waals surface area contributed by atoms with Crippen molar-refractivity contribution in [3.05, 3.63) is 57.9 Å². The third kappa shape index (κ3) is 12.7. The van der Waals surface area contributed by atoms with Crippen LogP contribution in [0.3, 0.4) is 0 Å². The summed E-state index contributed by atoms with van der Waals surface area (Å²) in [5, 5.41) is 6.96. The second-order valence-corrected chi connectivity index (χ2v) is 14.5. The highest BCUT2D eigenvalue weighted by Crippen LogP contribution is 2.35. The van der Waals surface area contributed by atoms with E-state index in [4.69, 9.17) is 20.8 Å². The fourth-order valence-electron chi connectivity index (χ4n) is 6.78. The normalized spacial score (nSPS) is 15.1. The molecule has 0 bridgehead atoms. The maximum absolute atomic E-state index is 13.2. The highest BCUT2D eigenvalue weighted by atomic mass is 35.5. The average molecular weight is 737 g/mol. The van der Waals surface area contributed by atoms with Crippen molar-refractivity contribution in [2.75, 3.05) is 38.5 Å². The van der Waals surface area contributed by atoms with Gasteiger partial charge in [-0.15, -0.1) is 0 Å². The summed E-state index contributed by atoms with van der Waals surface area (Å²) >= 11 is 6.71.